The molecule has 0 saturated heterocycles. The first kappa shape index (κ1) is 8.80. The Morgan fingerprint density at radius 3 is 2.75 bits per heavy atom. The zero-order valence-electron chi connectivity index (χ0n) is 6.46. The van der Waals surface area contributed by atoms with Crippen LogP contribution in [0.15, 0.2) is 18.2 Å². The fourth-order valence-corrected chi connectivity index (χ4v) is 0.831. The lowest BCUT2D eigenvalue weighted by atomic mass is 10.3. The molecule has 0 bridgehead atoms. The van der Waals surface area contributed by atoms with Gasteiger partial charge >= 0.3 is 0 Å². The fourth-order valence-electron chi connectivity index (χ4n) is 0.831. The van der Waals surface area contributed by atoms with E-state index in [-0.39, 0.29) is 13.2 Å². The Bertz CT molecular complexity index is 245. The van der Waals surface area contributed by atoms with Crippen molar-refractivity contribution in [2.75, 3.05) is 18.9 Å². The first-order chi connectivity index (χ1) is 5.72. The molecule has 3 N–H and O–H groups in total. The Balaban J connectivity index is 2.72. The van der Waals surface area contributed by atoms with Crippen molar-refractivity contribution in [3.8, 4) is 5.75 Å². The quantitative estimate of drug-likeness (QED) is 0.661. The highest BCUT2D eigenvalue weighted by molar-refractivity contribution is 5.44. The molecule has 1 rings (SSSR count). The maximum absolute atomic E-state index is 12.6. The van der Waals surface area contributed by atoms with Crippen LogP contribution in [0.2, 0.25) is 0 Å². The van der Waals surface area contributed by atoms with Gasteiger partial charge < -0.3 is 15.6 Å². The summed E-state index contributed by atoms with van der Waals surface area (Å²) in [5.74, 6) is -0.107. The van der Waals surface area contributed by atoms with E-state index in [0.29, 0.717) is 11.4 Å². The van der Waals surface area contributed by atoms with Crippen LogP contribution in [0.3, 0.4) is 0 Å². The van der Waals surface area contributed by atoms with Gasteiger partial charge in [0.05, 0.1) is 6.61 Å². The van der Waals surface area contributed by atoms with Crippen LogP contribution in [0.25, 0.3) is 0 Å². The van der Waals surface area contributed by atoms with E-state index in [1.54, 1.807) is 0 Å². The predicted molar refractivity (Wildman–Crippen MR) is 43.4 cm³/mol. The molecule has 3 nitrogen and oxygen atoms in total. The molecule has 0 aliphatic carbocycles. The van der Waals surface area contributed by atoms with E-state index < -0.39 is 5.82 Å². The average molecular weight is 171 g/mol. The number of ether oxygens (including phenoxy) is 1. The normalized spacial score (nSPS) is 9.83. The Hall–Kier alpha value is -1.29. The molecule has 0 radical (unpaired) electrons. The molecule has 4 heteroatoms. The van der Waals surface area contributed by atoms with Gasteiger partial charge in [-0.3, -0.25) is 0 Å². The Labute approximate surface area is 69.6 Å². The standard InChI is InChI=1S/C8H10FNO2/c9-6-3-7(10)5-8(4-6)12-2-1-11/h3-5,11H,1-2,10H2. The second-order valence-corrected chi connectivity index (χ2v) is 2.29. The third-order valence-electron chi connectivity index (χ3n) is 1.25. The van der Waals surface area contributed by atoms with Crippen LogP contribution in [0.4, 0.5) is 10.1 Å². The van der Waals surface area contributed by atoms with E-state index >= 15 is 0 Å². The minimum absolute atomic E-state index is 0.101. The summed E-state index contributed by atoms with van der Waals surface area (Å²) >= 11 is 0. The van der Waals surface area contributed by atoms with E-state index in [0.717, 1.165) is 0 Å². The molecule has 0 aromatic heterocycles. The molecule has 1 aromatic carbocycles. The second kappa shape index (κ2) is 3.92. The van der Waals surface area contributed by atoms with E-state index in [1.165, 1.54) is 18.2 Å². The molecule has 0 heterocycles. The van der Waals surface area contributed by atoms with Gasteiger partial charge in [0, 0.05) is 17.8 Å². The maximum atomic E-state index is 12.6. The summed E-state index contributed by atoms with van der Waals surface area (Å²) in [5, 5.41) is 8.42. The summed E-state index contributed by atoms with van der Waals surface area (Å²) in [6.07, 6.45) is 0. The molecule has 0 amide bonds. The second-order valence-electron chi connectivity index (χ2n) is 2.29. The largest absolute Gasteiger partial charge is 0.491 e. The summed E-state index contributed by atoms with van der Waals surface area (Å²) in [5.41, 5.74) is 5.66. The molecular weight excluding hydrogens is 161 g/mol. The summed E-state index contributed by atoms with van der Waals surface area (Å²) in [6.45, 7) is 0.0410. The molecule has 12 heavy (non-hydrogen) atoms. The number of anilines is 1. The van der Waals surface area contributed by atoms with Crippen molar-refractivity contribution in [3.05, 3.63) is 24.0 Å². The zero-order valence-corrected chi connectivity index (χ0v) is 6.46. The lowest BCUT2D eigenvalue weighted by Gasteiger charge is -2.04. The molecule has 0 spiro atoms. The minimum Gasteiger partial charge on any atom is -0.491 e. The Kier molecular flexibility index (Phi) is 2.88. The van der Waals surface area contributed by atoms with Crippen LogP contribution in [0, 0.1) is 5.82 Å². The highest BCUT2D eigenvalue weighted by Gasteiger charge is 1.98. The van der Waals surface area contributed by atoms with E-state index in [2.05, 4.69) is 0 Å². The number of nitrogen functional groups attached to an aromatic ring is 1. The molecule has 1 aromatic rings. The number of nitrogens with two attached hydrogens (primary N) is 1. The van der Waals surface area contributed by atoms with Crippen molar-refractivity contribution in [1.82, 2.24) is 0 Å². The van der Waals surface area contributed by atoms with E-state index in [4.69, 9.17) is 15.6 Å². The van der Waals surface area contributed by atoms with Gasteiger partial charge in [0.2, 0.25) is 0 Å². The number of hydrogen-bond donors (Lipinski definition) is 2. The van der Waals surface area contributed by atoms with Crippen molar-refractivity contribution in [2.24, 2.45) is 0 Å². The third kappa shape index (κ3) is 2.39. The van der Waals surface area contributed by atoms with Gasteiger partial charge in [0.25, 0.3) is 0 Å². The average Bonchev–Trinajstić information content (AvgIpc) is 1.99. The monoisotopic (exact) mass is 171 g/mol. The molecule has 0 atom stereocenters. The molecule has 0 saturated carbocycles. The first-order valence-corrected chi connectivity index (χ1v) is 3.52. The maximum Gasteiger partial charge on any atom is 0.128 e. The predicted octanol–water partition coefficient (Wildman–Crippen LogP) is 0.779. The van der Waals surface area contributed by atoms with Crippen LogP contribution in [-0.4, -0.2) is 18.3 Å². The minimum atomic E-state index is -0.442. The summed E-state index contributed by atoms with van der Waals surface area (Å²) in [6, 6.07) is 3.91. The number of rotatable bonds is 3. The topological polar surface area (TPSA) is 55.5 Å². The van der Waals surface area contributed by atoms with Crippen molar-refractivity contribution < 1.29 is 14.2 Å². The highest BCUT2D eigenvalue weighted by atomic mass is 19.1. The lowest BCUT2D eigenvalue weighted by Crippen LogP contribution is -2.02. The van der Waals surface area contributed by atoms with Gasteiger partial charge in [-0.15, -0.1) is 0 Å². The number of halogens is 1. The van der Waals surface area contributed by atoms with Gasteiger partial charge in [-0.05, 0) is 6.07 Å². The lowest BCUT2D eigenvalue weighted by molar-refractivity contribution is 0.201. The van der Waals surface area contributed by atoms with Crippen molar-refractivity contribution >= 4 is 5.69 Å². The first-order valence-electron chi connectivity index (χ1n) is 3.52. The molecule has 0 aliphatic rings. The number of benzene rings is 1. The van der Waals surface area contributed by atoms with Gasteiger partial charge in [-0.2, -0.15) is 0 Å². The SMILES string of the molecule is Nc1cc(F)cc(OCCO)c1. The van der Waals surface area contributed by atoms with Gasteiger partial charge in [-0.1, -0.05) is 0 Å². The van der Waals surface area contributed by atoms with Crippen LogP contribution in [0.1, 0.15) is 0 Å². The molecule has 0 aliphatic heterocycles. The van der Waals surface area contributed by atoms with Gasteiger partial charge in [0.15, 0.2) is 0 Å². The highest BCUT2D eigenvalue weighted by Crippen LogP contribution is 2.17. The molecule has 66 valence electrons. The Morgan fingerprint density at radius 1 is 1.42 bits per heavy atom. The number of aliphatic hydroxyl groups is 1. The van der Waals surface area contributed by atoms with Crippen molar-refractivity contribution in [2.45, 2.75) is 0 Å². The van der Waals surface area contributed by atoms with Crippen LogP contribution < -0.4 is 10.5 Å². The Morgan fingerprint density at radius 2 is 2.17 bits per heavy atom. The molecule has 0 unspecified atom stereocenters. The molecule has 0 fully saturated rings. The third-order valence-corrected chi connectivity index (χ3v) is 1.25. The van der Waals surface area contributed by atoms with Crippen LogP contribution in [-0.2, 0) is 0 Å². The van der Waals surface area contributed by atoms with Crippen LogP contribution in [0.5, 0.6) is 5.75 Å². The fraction of sp³-hybridized carbons (Fsp3) is 0.250. The zero-order chi connectivity index (χ0) is 8.97. The number of hydrogen-bond acceptors (Lipinski definition) is 3. The van der Waals surface area contributed by atoms with E-state index in [9.17, 15) is 4.39 Å². The smallest absolute Gasteiger partial charge is 0.128 e. The van der Waals surface area contributed by atoms with Gasteiger partial charge in [-0.25, -0.2) is 4.39 Å². The summed E-state index contributed by atoms with van der Waals surface area (Å²) < 4.78 is 17.6. The van der Waals surface area contributed by atoms with Gasteiger partial charge in [0.1, 0.15) is 18.2 Å². The van der Waals surface area contributed by atoms with Crippen LogP contribution >= 0.6 is 0 Å². The van der Waals surface area contributed by atoms with Crippen molar-refractivity contribution in [3.63, 3.8) is 0 Å². The summed E-state index contributed by atoms with van der Waals surface area (Å²) in [4.78, 5) is 0. The molecular formula is C8H10FNO2. The summed E-state index contributed by atoms with van der Waals surface area (Å²) in [7, 11) is 0. The van der Waals surface area contributed by atoms with Crippen molar-refractivity contribution in [1.29, 1.82) is 0 Å². The van der Waals surface area contributed by atoms with E-state index in [1.807, 2.05) is 0 Å². The number of aliphatic hydroxyl groups excluding tert-OH is 1.